The third-order valence-electron chi connectivity index (χ3n) is 3.74. The third kappa shape index (κ3) is 2.48. The molecule has 0 radical (unpaired) electrons. The van der Waals surface area contributed by atoms with Crippen molar-refractivity contribution in [2.45, 2.75) is 69.9 Å². The van der Waals surface area contributed by atoms with E-state index in [2.05, 4.69) is 5.32 Å². The highest BCUT2D eigenvalue weighted by atomic mass is 19.4. The summed E-state index contributed by atoms with van der Waals surface area (Å²) in [5.74, 6) is -0.141. The lowest BCUT2D eigenvalue weighted by Crippen LogP contribution is -2.45. The highest BCUT2D eigenvalue weighted by Crippen LogP contribution is 2.44. The van der Waals surface area contributed by atoms with Gasteiger partial charge in [-0.25, -0.2) is 0 Å². The minimum atomic E-state index is -4.23. The van der Waals surface area contributed by atoms with Gasteiger partial charge in [-0.05, 0) is 26.2 Å². The van der Waals surface area contributed by atoms with Crippen LogP contribution in [0.25, 0.3) is 0 Å². The van der Waals surface area contributed by atoms with Crippen LogP contribution in [0.5, 0.6) is 0 Å². The topological polar surface area (TPSA) is 32.3 Å². The Bertz CT molecular complexity index is 339. The van der Waals surface area contributed by atoms with Crippen LogP contribution >= 0.6 is 0 Å². The second kappa shape index (κ2) is 4.40. The van der Waals surface area contributed by atoms with E-state index in [1.807, 2.05) is 6.92 Å². The maximum Gasteiger partial charge on any atom is 0.391 e. The van der Waals surface area contributed by atoms with Gasteiger partial charge in [-0.3, -0.25) is 10.1 Å². The van der Waals surface area contributed by atoms with E-state index in [0.717, 1.165) is 19.3 Å². The van der Waals surface area contributed by atoms with Gasteiger partial charge in [-0.2, -0.15) is 13.2 Å². The molecule has 0 aromatic carbocycles. The zero-order valence-corrected chi connectivity index (χ0v) is 10.7. The molecule has 1 heterocycles. The molecule has 2 atom stereocenters. The van der Waals surface area contributed by atoms with Crippen LogP contribution in [0.3, 0.4) is 0 Å². The number of carbonyl (C=O) groups is 1. The van der Waals surface area contributed by atoms with Gasteiger partial charge < -0.3 is 4.90 Å². The number of nitrogens with one attached hydrogen (secondary N) is 1. The van der Waals surface area contributed by atoms with Crippen molar-refractivity contribution < 1.29 is 18.0 Å². The average molecular weight is 264 g/mol. The Morgan fingerprint density at radius 1 is 1.50 bits per heavy atom. The summed E-state index contributed by atoms with van der Waals surface area (Å²) in [5, 5.41) is 3.22. The summed E-state index contributed by atoms with van der Waals surface area (Å²) < 4.78 is 37.3. The molecule has 0 aromatic heterocycles. The van der Waals surface area contributed by atoms with E-state index in [0.29, 0.717) is 6.42 Å². The predicted octanol–water partition coefficient (Wildman–Crippen LogP) is 2.42. The van der Waals surface area contributed by atoms with Crippen molar-refractivity contribution in [2.24, 2.45) is 0 Å². The molecular formula is C12H19F3N2O. The van der Waals surface area contributed by atoms with E-state index in [4.69, 9.17) is 0 Å². The first-order valence-electron chi connectivity index (χ1n) is 6.46. The fraction of sp³-hybridized carbons (Fsp3) is 0.917. The molecule has 2 aliphatic rings. The van der Waals surface area contributed by atoms with Crippen molar-refractivity contribution in [1.82, 2.24) is 10.2 Å². The van der Waals surface area contributed by atoms with Gasteiger partial charge in [0.05, 0.1) is 18.1 Å². The first-order chi connectivity index (χ1) is 8.29. The van der Waals surface area contributed by atoms with Crippen LogP contribution in [-0.4, -0.2) is 34.7 Å². The number of carbonyl (C=O) groups excluding carboxylic acids is 1. The summed E-state index contributed by atoms with van der Waals surface area (Å²) >= 11 is 0. The number of nitrogens with zero attached hydrogens (tertiary/aromatic N) is 1. The molecule has 104 valence electrons. The number of alkyl halides is 3. The second-order valence-corrected chi connectivity index (χ2v) is 5.41. The van der Waals surface area contributed by atoms with Crippen molar-refractivity contribution in [3.8, 4) is 0 Å². The summed E-state index contributed by atoms with van der Waals surface area (Å²) in [4.78, 5) is 13.6. The van der Waals surface area contributed by atoms with E-state index in [1.165, 1.54) is 11.8 Å². The van der Waals surface area contributed by atoms with Crippen LogP contribution in [0.15, 0.2) is 0 Å². The standard InChI is InChI=1S/C12H19F3N2O/c1-3-4-9-16-11(5-6-11)10(18)17(9)8(2)7-12(13,14)15/h8-9,16H,3-7H2,1-2H3. The number of halogens is 3. The van der Waals surface area contributed by atoms with Crippen LogP contribution < -0.4 is 5.32 Å². The lowest BCUT2D eigenvalue weighted by Gasteiger charge is -2.30. The summed E-state index contributed by atoms with van der Waals surface area (Å²) in [6.07, 6.45) is -2.34. The number of rotatable bonds is 4. The molecule has 1 N–H and O–H groups in total. The molecule has 3 nitrogen and oxygen atoms in total. The van der Waals surface area contributed by atoms with E-state index < -0.39 is 24.2 Å². The fourth-order valence-electron chi connectivity index (χ4n) is 2.75. The van der Waals surface area contributed by atoms with Gasteiger partial charge in [0, 0.05) is 6.04 Å². The SMILES string of the molecule is CCCC1NC2(CC2)C(=O)N1C(C)CC(F)(F)F. The van der Waals surface area contributed by atoms with Crippen molar-refractivity contribution in [2.75, 3.05) is 0 Å². The lowest BCUT2D eigenvalue weighted by atomic mass is 10.1. The molecule has 1 aliphatic heterocycles. The van der Waals surface area contributed by atoms with E-state index in [9.17, 15) is 18.0 Å². The van der Waals surface area contributed by atoms with Gasteiger partial charge in [0.15, 0.2) is 0 Å². The Hall–Kier alpha value is -0.780. The summed E-state index contributed by atoms with van der Waals surface area (Å²) in [5.41, 5.74) is -0.528. The molecular weight excluding hydrogens is 245 g/mol. The van der Waals surface area contributed by atoms with Gasteiger partial charge >= 0.3 is 6.18 Å². The quantitative estimate of drug-likeness (QED) is 0.845. The molecule has 6 heteroatoms. The minimum Gasteiger partial charge on any atom is -0.322 e. The van der Waals surface area contributed by atoms with Gasteiger partial charge in [0.25, 0.3) is 0 Å². The van der Waals surface area contributed by atoms with Gasteiger partial charge in [0.1, 0.15) is 0 Å². The zero-order chi connectivity index (χ0) is 13.6. The van der Waals surface area contributed by atoms with Gasteiger partial charge in [0.2, 0.25) is 5.91 Å². The molecule has 0 aromatic rings. The molecule has 18 heavy (non-hydrogen) atoms. The predicted molar refractivity (Wildman–Crippen MR) is 60.8 cm³/mol. The van der Waals surface area contributed by atoms with E-state index in [1.54, 1.807) is 0 Å². The molecule has 1 aliphatic carbocycles. The van der Waals surface area contributed by atoms with Gasteiger partial charge in [-0.15, -0.1) is 0 Å². The van der Waals surface area contributed by atoms with Crippen LogP contribution in [-0.2, 0) is 4.79 Å². The maximum atomic E-state index is 12.4. The highest BCUT2D eigenvalue weighted by Gasteiger charge is 2.60. The first-order valence-corrected chi connectivity index (χ1v) is 6.46. The fourth-order valence-corrected chi connectivity index (χ4v) is 2.75. The smallest absolute Gasteiger partial charge is 0.322 e. The largest absolute Gasteiger partial charge is 0.391 e. The molecule has 1 saturated carbocycles. The third-order valence-corrected chi connectivity index (χ3v) is 3.74. The molecule has 0 bridgehead atoms. The number of hydrogen-bond donors (Lipinski definition) is 1. The minimum absolute atomic E-state index is 0.141. The van der Waals surface area contributed by atoms with E-state index in [-0.39, 0.29) is 12.1 Å². The van der Waals surface area contributed by atoms with Crippen LogP contribution in [0.2, 0.25) is 0 Å². The summed E-state index contributed by atoms with van der Waals surface area (Å²) in [7, 11) is 0. The molecule has 2 unspecified atom stereocenters. The number of amides is 1. The Labute approximate surface area is 105 Å². The Balaban J connectivity index is 2.10. The van der Waals surface area contributed by atoms with Crippen molar-refractivity contribution in [3.05, 3.63) is 0 Å². The Morgan fingerprint density at radius 3 is 2.56 bits per heavy atom. The second-order valence-electron chi connectivity index (χ2n) is 5.41. The first kappa shape index (κ1) is 13.6. The molecule has 2 rings (SSSR count). The molecule has 1 amide bonds. The molecule has 1 saturated heterocycles. The lowest BCUT2D eigenvalue weighted by molar-refractivity contribution is -0.153. The summed E-state index contributed by atoms with van der Waals surface area (Å²) in [6, 6.07) is -0.790. The van der Waals surface area contributed by atoms with Crippen LogP contribution in [0.1, 0.15) is 46.0 Å². The summed E-state index contributed by atoms with van der Waals surface area (Å²) in [6.45, 7) is 3.45. The van der Waals surface area contributed by atoms with Crippen molar-refractivity contribution in [1.29, 1.82) is 0 Å². The normalized spacial score (nSPS) is 27.9. The van der Waals surface area contributed by atoms with Crippen molar-refractivity contribution >= 4 is 5.91 Å². The molecule has 2 fully saturated rings. The maximum absolute atomic E-state index is 12.4. The Kier molecular flexibility index (Phi) is 3.34. The van der Waals surface area contributed by atoms with E-state index >= 15 is 0 Å². The average Bonchev–Trinajstić information content (AvgIpc) is 2.90. The van der Waals surface area contributed by atoms with Gasteiger partial charge in [-0.1, -0.05) is 13.3 Å². The number of hydrogen-bond acceptors (Lipinski definition) is 2. The van der Waals surface area contributed by atoms with Crippen LogP contribution in [0.4, 0.5) is 13.2 Å². The molecule has 1 spiro atoms. The monoisotopic (exact) mass is 264 g/mol. The Morgan fingerprint density at radius 2 is 2.11 bits per heavy atom. The van der Waals surface area contributed by atoms with Crippen molar-refractivity contribution in [3.63, 3.8) is 0 Å². The van der Waals surface area contributed by atoms with Crippen LogP contribution in [0, 0.1) is 0 Å². The highest BCUT2D eigenvalue weighted by molar-refractivity contribution is 5.92. The zero-order valence-electron chi connectivity index (χ0n) is 10.7.